The van der Waals surface area contributed by atoms with Gasteiger partial charge in [-0.25, -0.2) is 0 Å². The van der Waals surface area contributed by atoms with Gasteiger partial charge in [0.1, 0.15) is 5.75 Å². The molecule has 0 aliphatic heterocycles. The Morgan fingerprint density at radius 2 is 2.00 bits per heavy atom. The van der Waals surface area contributed by atoms with Crippen LogP contribution in [0, 0.1) is 0 Å². The Morgan fingerprint density at radius 1 is 1.31 bits per heavy atom. The second-order valence-electron chi connectivity index (χ2n) is 4.23. The number of benzene rings is 1. The first kappa shape index (κ1) is 13.0. The molecule has 0 fully saturated rings. The molecule has 1 aromatic rings. The molecule has 0 radical (unpaired) electrons. The molecule has 0 aromatic heterocycles. The summed E-state index contributed by atoms with van der Waals surface area (Å²) in [5.41, 5.74) is -0.194. The first-order valence-electron chi connectivity index (χ1n) is 5.68. The van der Waals surface area contributed by atoms with Gasteiger partial charge in [0, 0.05) is 5.54 Å². The van der Waals surface area contributed by atoms with Crippen molar-refractivity contribution in [2.75, 3.05) is 20.3 Å². The van der Waals surface area contributed by atoms with Crippen molar-refractivity contribution in [3.63, 3.8) is 0 Å². The van der Waals surface area contributed by atoms with E-state index in [0.29, 0.717) is 6.61 Å². The molecule has 2 N–H and O–H groups in total. The van der Waals surface area contributed by atoms with E-state index in [1.165, 1.54) is 0 Å². The number of hydrogen-bond acceptors (Lipinski definition) is 3. The van der Waals surface area contributed by atoms with Crippen molar-refractivity contribution in [3.05, 3.63) is 30.3 Å². The Morgan fingerprint density at radius 3 is 2.56 bits per heavy atom. The predicted molar refractivity (Wildman–Crippen MR) is 65.7 cm³/mol. The fraction of sp³-hybridized carbons (Fsp3) is 0.538. The lowest BCUT2D eigenvalue weighted by Crippen LogP contribution is -2.43. The zero-order chi connectivity index (χ0) is 11.9. The van der Waals surface area contributed by atoms with Crippen LogP contribution in [0.15, 0.2) is 30.3 Å². The van der Waals surface area contributed by atoms with Gasteiger partial charge in [-0.2, -0.15) is 0 Å². The maximum Gasteiger partial charge on any atom is 0.119 e. The minimum Gasteiger partial charge on any atom is -0.494 e. The molecule has 90 valence electrons. The average molecular weight is 223 g/mol. The summed E-state index contributed by atoms with van der Waals surface area (Å²) in [4.78, 5) is 0. The summed E-state index contributed by atoms with van der Waals surface area (Å²) in [6, 6.07) is 9.78. The van der Waals surface area contributed by atoms with E-state index < -0.39 is 0 Å². The van der Waals surface area contributed by atoms with Crippen LogP contribution in [0.4, 0.5) is 0 Å². The van der Waals surface area contributed by atoms with Crippen molar-refractivity contribution >= 4 is 0 Å². The molecule has 3 nitrogen and oxygen atoms in total. The lowest BCUT2D eigenvalue weighted by atomic mass is 9.97. The van der Waals surface area contributed by atoms with Gasteiger partial charge < -0.3 is 15.2 Å². The van der Waals surface area contributed by atoms with E-state index in [2.05, 4.69) is 5.32 Å². The fourth-order valence-corrected chi connectivity index (χ4v) is 1.45. The first-order chi connectivity index (χ1) is 7.70. The highest BCUT2D eigenvalue weighted by atomic mass is 16.5. The number of aliphatic hydroxyl groups excluding tert-OH is 1. The van der Waals surface area contributed by atoms with Gasteiger partial charge in [0.2, 0.25) is 0 Å². The van der Waals surface area contributed by atoms with Crippen molar-refractivity contribution in [2.24, 2.45) is 0 Å². The monoisotopic (exact) mass is 223 g/mol. The molecule has 16 heavy (non-hydrogen) atoms. The minimum absolute atomic E-state index is 0.148. The number of para-hydroxylation sites is 1. The third kappa shape index (κ3) is 4.21. The quantitative estimate of drug-likeness (QED) is 0.693. The summed E-state index contributed by atoms with van der Waals surface area (Å²) < 4.78 is 5.58. The Hall–Kier alpha value is -1.06. The van der Waals surface area contributed by atoms with Gasteiger partial charge >= 0.3 is 0 Å². The fourth-order valence-electron chi connectivity index (χ4n) is 1.45. The average Bonchev–Trinajstić information content (AvgIpc) is 2.36. The molecule has 1 rings (SSSR count). The number of ether oxygens (including phenoxy) is 1. The summed E-state index contributed by atoms with van der Waals surface area (Å²) in [5, 5.41) is 12.3. The van der Waals surface area contributed by atoms with Crippen LogP contribution in [-0.4, -0.2) is 30.9 Å². The van der Waals surface area contributed by atoms with E-state index in [4.69, 9.17) is 4.74 Å². The molecular formula is C13H21NO2. The summed E-state index contributed by atoms with van der Waals surface area (Å²) in [7, 11) is 1.87. The number of hydrogen-bond donors (Lipinski definition) is 2. The molecule has 3 heteroatoms. The topological polar surface area (TPSA) is 41.5 Å². The Kier molecular flexibility index (Phi) is 5.29. The van der Waals surface area contributed by atoms with Gasteiger partial charge in [0.15, 0.2) is 0 Å². The third-order valence-electron chi connectivity index (χ3n) is 2.84. The largest absolute Gasteiger partial charge is 0.494 e. The molecule has 1 unspecified atom stereocenters. The standard InChI is InChI=1S/C13H21NO2/c1-13(11-15,14-2)9-6-10-16-12-7-4-3-5-8-12/h3-5,7-8,14-15H,6,9-11H2,1-2H3. The summed E-state index contributed by atoms with van der Waals surface area (Å²) in [6.07, 6.45) is 1.82. The van der Waals surface area contributed by atoms with Crippen molar-refractivity contribution in [3.8, 4) is 5.75 Å². The van der Waals surface area contributed by atoms with Gasteiger partial charge in [-0.15, -0.1) is 0 Å². The Bertz CT molecular complexity index is 283. The van der Waals surface area contributed by atoms with Crippen molar-refractivity contribution in [1.82, 2.24) is 5.32 Å². The predicted octanol–water partition coefficient (Wildman–Crippen LogP) is 1.82. The van der Waals surface area contributed by atoms with Gasteiger partial charge in [-0.05, 0) is 38.9 Å². The van der Waals surface area contributed by atoms with Crippen LogP contribution in [0.5, 0.6) is 5.75 Å². The maximum atomic E-state index is 9.20. The number of rotatable bonds is 7. The van der Waals surface area contributed by atoms with Crippen molar-refractivity contribution in [1.29, 1.82) is 0 Å². The van der Waals surface area contributed by atoms with Gasteiger partial charge in [-0.1, -0.05) is 18.2 Å². The molecule has 1 aromatic carbocycles. The van der Waals surface area contributed by atoms with E-state index in [1.54, 1.807) is 0 Å². The van der Waals surface area contributed by atoms with Gasteiger partial charge in [-0.3, -0.25) is 0 Å². The number of nitrogens with one attached hydrogen (secondary N) is 1. The molecule has 0 spiro atoms. The van der Waals surface area contributed by atoms with Crippen LogP contribution >= 0.6 is 0 Å². The molecule has 1 atom stereocenters. The third-order valence-corrected chi connectivity index (χ3v) is 2.84. The van der Waals surface area contributed by atoms with Crippen LogP contribution < -0.4 is 10.1 Å². The lowest BCUT2D eigenvalue weighted by Gasteiger charge is -2.26. The molecule has 0 saturated carbocycles. The molecule has 0 saturated heterocycles. The highest BCUT2D eigenvalue weighted by Gasteiger charge is 2.19. The second-order valence-corrected chi connectivity index (χ2v) is 4.23. The van der Waals surface area contributed by atoms with Crippen LogP contribution in [0.1, 0.15) is 19.8 Å². The van der Waals surface area contributed by atoms with Crippen molar-refractivity contribution in [2.45, 2.75) is 25.3 Å². The van der Waals surface area contributed by atoms with Crippen LogP contribution in [0.2, 0.25) is 0 Å². The van der Waals surface area contributed by atoms with E-state index in [0.717, 1.165) is 18.6 Å². The van der Waals surface area contributed by atoms with Gasteiger partial charge in [0.05, 0.1) is 13.2 Å². The van der Waals surface area contributed by atoms with E-state index >= 15 is 0 Å². The molecule has 0 amide bonds. The Balaban J connectivity index is 2.22. The molecule has 0 aliphatic carbocycles. The number of likely N-dealkylation sites (N-methyl/N-ethyl adjacent to an activating group) is 1. The smallest absolute Gasteiger partial charge is 0.119 e. The van der Waals surface area contributed by atoms with Crippen LogP contribution in [-0.2, 0) is 0 Å². The highest BCUT2D eigenvalue weighted by molar-refractivity contribution is 5.20. The highest BCUT2D eigenvalue weighted by Crippen LogP contribution is 2.13. The first-order valence-corrected chi connectivity index (χ1v) is 5.68. The summed E-state index contributed by atoms with van der Waals surface area (Å²) in [6.45, 7) is 2.84. The lowest BCUT2D eigenvalue weighted by molar-refractivity contribution is 0.163. The molecule has 0 bridgehead atoms. The van der Waals surface area contributed by atoms with E-state index in [9.17, 15) is 5.11 Å². The number of aliphatic hydroxyl groups is 1. The zero-order valence-electron chi connectivity index (χ0n) is 10.1. The molecule has 0 aliphatic rings. The summed E-state index contributed by atoms with van der Waals surface area (Å²) in [5.74, 6) is 0.901. The molecular weight excluding hydrogens is 202 g/mol. The van der Waals surface area contributed by atoms with E-state index in [1.807, 2.05) is 44.3 Å². The normalized spacial score (nSPS) is 14.4. The molecule has 0 heterocycles. The zero-order valence-corrected chi connectivity index (χ0v) is 10.1. The Labute approximate surface area is 97.4 Å². The summed E-state index contributed by atoms with van der Waals surface area (Å²) >= 11 is 0. The van der Waals surface area contributed by atoms with Crippen molar-refractivity contribution < 1.29 is 9.84 Å². The maximum absolute atomic E-state index is 9.20. The van der Waals surface area contributed by atoms with Crippen LogP contribution in [0.3, 0.4) is 0 Å². The SMILES string of the molecule is CNC(C)(CO)CCCOc1ccccc1. The minimum atomic E-state index is -0.194. The second kappa shape index (κ2) is 6.51. The van der Waals surface area contributed by atoms with Gasteiger partial charge in [0.25, 0.3) is 0 Å². The van der Waals surface area contributed by atoms with E-state index in [-0.39, 0.29) is 12.1 Å². The van der Waals surface area contributed by atoms with Crippen LogP contribution in [0.25, 0.3) is 0 Å².